The van der Waals surface area contributed by atoms with Crippen molar-refractivity contribution < 1.29 is 14.4 Å². The molecule has 0 atom stereocenters. The molecule has 1 N–H and O–H groups in total. The highest BCUT2D eigenvalue weighted by Crippen LogP contribution is 2.30. The molecule has 31 heavy (non-hydrogen) atoms. The van der Waals surface area contributed by atoms with Crippen LogP contribution < -0.4 is 10.2 Å². The van der Waals surface area contributed by atoms with Crippen molar-refractivity contribution in [2.24, 2.45) is 0 Å². The van der Waals surface area contributed by atoms with Crippen molar-refractivity contribution in [3.8, 4) is 5.69 Å². The Morgan fingerprint density at radius 3 is 2.52 bits per heavy atom. The molecule has 7 nitrogen and oxygen atoms in total. The summed E-state index contributed by atoms with van der Waals surface area (Å²) in [7, 11) is 0. The number of imide groups is 2. The molecule has 1 aromatic carbocycles. The summed E-state index contributed by atoms with van der Waals surface area (Å²) in [6.45, 7) is 3.73. The monoisotopic (exact) mass is 454 g/mol. The van der Waals surface area contributed by atoms with E-state index in [2.05, 4.69) is 10.3 Å². The molecule has 1 fully saturated rings. The number of carbonyl (C=O) groups excluding carboxylic acids is 3. The summed E-state index contributed by atoms with van der Waals surface area (Å²) in [5.41, 5.74) is 3.07. The van der Waals surface area contributed by atoms with Gasteiger partial charge in [-0.25, -0.2) is 9.69 Å². The summed E-state index contributed by atoms with van der Waals surface area (Å²) >= 11 is 12.4. The molecule has 1 aliphatic rings. The van der Waals surface area contributed by atoms with Gasteiger partial charge in [0.2, 0.25) is 0 Å². The number of nitrogens with one attached hydrogen (secondary N) is 1. The highest BCUT2D eigenvalue weighted by atomic mass is 35.5. The van der Waals surface area contributed by atoms with E-state index >= 15 is 0 Å². The number of halogens is 2. The van der Waals surface area contributed by atoms with Crippen LogP contribution in [0.15, 0.2) is 54.4 Å². The van der Waals surface area contributed by atoms with Gasteiger partial charge in [-0.2, -0.15) is 0 Å². The molecule has 0 aliphatic carbocycles. The lowest BCUT2D eigenvalue weighted by atomic mass is 10.1. The van der Waals surface area contributed by atoms with Crippen LogP contribution in [-0.2, 0) is 9.59 Å². The number of amides is 4. The van der Waals surface area contributed by atoms with Crippen LogP contribution in [0.5, 0.6) is 0 Å². The number of hydrogen-bond donors (Lipinski definition) is 1. The smallest absolute Gasteiger partial charge is 0.316 e. The molecule has 0 saturated carbocycles. The number of aromatic nitrogens is 2. The fraction of sp³-hybridized carbons (Fsp3) is 0.0909. The third kappa shape index (κ3) is 3.73. The zero-order valence-electron chi connectivity index (χ0n) is 16.5. The Kier molecular flexibility index (Phi) is 5.39. The van der Waals surface area contributed by atoms with Gasteiger partial charge in [0.1, 0.15) is 5.57 Å². The highest BCUT2D eigenvalue weighted by molar-refractivity contribution is 6.39. The second kappa shape index (κ2) is 8.02. The minimum atomic E-state index is -0.821. The van der Waals surface area contributed by atoms with Crippen molar-refractivity contribution in [2.75, 3.05) is 4.90 Å². The van der Waals surface area contributed by atoms with E-state index in [1.165, 1.54) is 18.5 Å². The summed E-state index contributed by atoms with van der Waals surface area (Å²) < 4.78 is 1.90. The van der Waals surface area contributed by atoms with Gasteiger partial charge >= 0.3 is 6.03 Å². The fourth-order valence-corrected chi connectivity index (χ4v) is 3.99. The van der Waals surface area contributed by atoms with Crippen molar-refractivity contribution in [3.63, 3.8) is 0 Å². The number of carbonyl (C=O) groups is 3. The summed E-state index contributed by atoms with van der Waals surface area (Å²) in [4.78, 5) is 42.6. The Bertz CT molecular complexity index is 1270. The Morgan fingerprint density at radius 1 is 1.06 bits per heavy atom. The lowest BCUT2D eigenvalue weighted by Crippen LogP contribution is -2.54. The van der Waals surface area contributed by atoms with Crippen molar-refractivity contribution >= 4 is 52.8 Å². The first-order valence-corrected chi connectivity index (χ1v) is 9.99. The van der Waals surface area contributed by atoms with E-state index in [-0.39, 0.29) is 11.3 Å². The highest BCUT2D eigenvalue weighted by Gasteiger charge is 2.37. The first-order chi connectivity index (χ1) is 14.8. The van der Waals surface area contributed by atoms with Crippen molar-refractivity contribution in [2.45, 2.75) is 13.8 Å². The largest absolute Gasteiger partial charge is 0.336 e. The molecule has 3 aromatic rings. The van der Waals surface area contributed by atoms with Crippen LogP contribution in [0.25, 0.3) is 11.8 Å². The summed E-state index contributed by atoms with van der Waals surface area (Å²) in [6, 6.07) is 9.34. The minimum absolute atomic E-state index is 0.161. The van der Waals surface area contributed by atoms with E-state index < -0.39 is 17.8 Å². The van der Waals surface area contributed by atoms with Crippen LogP contribution in [0.3, 0.4) is 0 Å². The predicted molar refractivity (Wildman–Crippen MR) is 119 cm³/mol. The maximum Gasteiger partial charge on any atom is 0.336 e. The topological polar surface area (TPSA) is 84.3 Å². The van der Waals surface area contributed by atoms with Gasteiger partial charge in [-0.1, -0.05) is 23.2 Å². The van der Waals surface area contributed by atoms with Crippen LogP contribution in [-0.4, -0.2) is 27.4 Å². The van der Waals surface area contributed by atoms with Gasteiger partial charge in [-0.3, -0.25) is 19.9 Å². The normalized spacial score (nSPS) is 15.5. The molecule has 1 saturated heterocycles. The lowest BCUT2D eigenvalue weighted by Gasteiger charge is -2.26. The molecule has 0 radical (unpaired) electrons. The first kappa shape index (κ1) is 20.8. The fourth-order valence-electron chi connectivity index (χ4n) is 3.50. The zero-order valence-corrected chi connectivity index (χ0v) is 18.0. The summed E-state index contributed by atoms with van der Waals surface area (Å²) in [5.74, 6) is -1.49. The third-order valence-electron chi connectivity index (χ3n) is 4.93. The SMILES string of the molecule is Cc1cc(/C=C2\C(=O)NC(=O)N(c3cccnc3)C2=O)c(C)n1-c1ccc(Cl)cc1Cl. The number of benzene rings is 1. The zero-order chi connectivity index (χ0) is 22.3. The number of anilines is 1. The molecule has 3 heterocycles. The van der Waals surface area contributed by atoms with Crippen LogP contribution in [0.2, 0.25) is 10.0 Å². The van der Waals surface area contributed by atoms with Gasteiger partial charge in [-0.15, -0.1) is 0 Å². The minimum Gasteiger partial charge on any atom is -0.316 e. The molecular formula is C22H16Cl2N4O3. The van der Waals surface area contributed by atoms with E-state index in [4.69, 9.17) is 23.2 Å². The number of rotatable bonds is 3. The number of pyridine rings is 1. The molecule has 2 aromatic heterocycles. The standard InChI is InChI=1S/C22H16Cl2N4O3/c1-12-8-14(13(2)27(12)19-6-5-15(23)10-18(19)24)9-17-20(29)26-22(31)28(21(17)30)16-4-3-7-25-11-16/h3-11H,1-2H3,(H,26,29,31)/b17-9+. The molecule has 4 rings (SSSR count). The molecule has 1 aliphatic heterocycles. The first-order valence-electron chi connectivity index (χ1n) is 9.24. The van der Waals surface area contributed by atoms with Crippen LogP contribution in [0, 0.1) is 13.8 Å². The molecule has 0 spiro atoms. The number of barbiturate groups is 1. The van der Waals surface area contributed by atoms with Crippen LogP contribution in [0.4, 0.5) is 10.5 Å². The third-order valence-corrected chi connectivity index (χ3v) is 5.46. The molecule has 9 heteroatoms. The van der Waals surface area contributed by atoms with Gasteiger partial charge in [0.25, 0.3) is 11.8 Å². The van der Waals surface area contributed by atoms with Crippen molar-refractivity contribution in [3.05, 3.63) is 81.4 Å². The lowest BCUT2D eigenvalue weighted by molar-refractivity contribution is -0.122. The predicted octanol–water partition coefficient (Wildman–Crippen LogP) is 4.46. The number of hydrogen-bond acceptors (Lipinski definition) is 4. The van der Waals surface area contributed by atoms with Gasteiger partial charge in [0.15, 0.2) is 0 Å². The van der Waals surface area contributed by atoms with E-state index in [0.717, 1.165) is 22.0 Å². The van der Waals surface area contributed by atoms with Gasteiger partial charge < -0.3 is 4.57 Å². The van der Waals surface area contributed by atoms with Crippen LogP contribution in [0.1, 0.15) is 17.0 Å². The second-order valence-corrected chi connectivity index (χ2v) is 7.77. The molecule has 0 unspecified atom stereocenters. The van der Waals surface area contributed by atoms with E-state index in [1.54, 1.807) is 30.3 Å². The van der Waals surface area contributed by atoms with Crippen molar-refractivity contribution in [1.82, 2.24) is 14.9 Å². The Labute approximate surface area is 187 Å². The summed E-state index contributed by atoms with van der Waals surface area (Å²) in [5, 5.41) is 3.19. The second-order valence-electron chi connectivity index (χ2n) is 6.93. The molecule has 4 amide bonds. The number of nitrogens with zero attached hydrogens (tertiary/aromatic N) is 3. The van der Waals surface area contributed by atoms with E-state index in [1.807, 2.05) is 24.5 Å². The molecular weight excluding hydrogens is 439 g/mol. The Morgan fingerprint density at radius 2 is 1.84 bits per heavy atom. The average molecular weight is 455 g/mol. The molecule has 156 valence electrons. The average Bonchev–Trinajstić information content (AvgIpc) is 2.99. The van der Waals surface area contributed by atoms with Crippen LogP contribution >= 0.6 is 23.2 Å². The Hall–Kier alpha value is -3.42. The molecule has 0 bridgehead atoms. The van der Waals surface area contributed by atoms with Crippen molar-refractivity contribution in [1.29, 1.82) is 0 Å². The van der Waals surface area contributed by atoms with E-state index in [0.29, 0.717) is 15.6 Å². The van der Waals surface area contributed by atoms with E-state index in [9.17, 15) is 14.4 Å². The number of urea groups is 1. The maximum absolute atomic E-state index is 13.0. The van der Waals surface area contributed by atoms with Gasteiger partial charge in [-0.05, 0) is 61.9 Å². The summed E-state index contributed by atoms with van der Waals surface area (Å²) in [6.07, 6.45) is 4.36. The van der Waals surface area contributed by atoms with Gasteiger partial charge in [0, 0.05) is 22.6 Å². The Balaban J connectivity index is 1.78. The van der Waals surface area contributed by atoms with Gasteiger partial charge in [0.05, 0.1) is 22.6 Å². The maximum atomic E-state index is 13.0. The number of aryl methyl sites for hydroxylation is 1. The quantitative estimate of drug-likeness (QED) is 0.467.